The zero-order chi connectivity index (χ0) is 16.3. The lowest BCUT2D eigenvalue weighted by Crippen LogP contribution is -2.14. The molecule has 0 aliphatic heterocycles. The molecule has 2 aromatic rings. The summed E-state index contributed by atoms with van der Waals surface area (Å²) in [5.74, 6) is 0.161. The van der Waals surface area contributed by atoms with Gasteiger partial charge in [-0.25, -0.2) is 0 Å². The van der Waals surface area contributed by atoms with Crippen molar-refractivity contribution >= 4 is 52.8 Å². The number of nitro groups is 1. The van der Waals surface area contributed by atoms with Crippen molar-refractivity contribution < 1.29 is 4.92 Å². The van der Waals surface area contributed by atoms with E-state index < -0.39 is 4.92 Å². The van der Waals surface area contributed by atoms with Crippen molar-refractivity contribution in [2.24, 2.45) is 10.7 Å². The first-order valence-electron chi connectivity index (χ1n) is 6.16. The Hall–Kier alpha value is -2.02. The minimum atomic E-state index is -0.567. The van der Waals surface area contributed by atoms with Crippen LogP contribution in [0.15, 0.2) is 41.4 Å². The van der Waals surface area contributed by atoms with Crippen LogP contribution in [0.25, 0.3) is 0 Å². The van der Waals surface area contributed by atoms with Crippen LogP contribution in [-0.4, -0.2) is 10.8 Å². The molecule has 6 nitrogen and oxygen atoms in total. The molecule has 0 saturated carbocycles. The van der Waals surface area contributed by atoms with Crippen LogP contribution in [0.4, 0.5) is 11.4 Å². The zero-order valence-corrected chi connectivity index (χ0v) is 14.0. The van der Waals surface area contributed by atoms with E-state index in [0.29, 0.717) is 15.6 Å². The molecule has 0 amide bonds. The van der Waals surface area contributed by atoms with Gasteiger partial charge in [-0.1, -0.05) is 29.3 Å². The molecule has 0 fully saturated rings. The zero-order valence-electron chi connectivity index (χ0n) is 11.7. The summed E-state index contributed by atoms with van der Waals surface area (Å²) in [5.41, 5.74) is 12.4. The smallest absolute Gasteiger partial charge is 0.292 e. The number of hydrogen-bond donors (Lipinski definition) is 2. The Morgan fingerprint density at radius 3 is 2.52 bits per heavy atom. The first-order chi connectivity index (χ1) is 10.4. The Morgan fingerprint density at radius 1 is 1.22 bits per heavy atom. The molecule has 0 aliphatic carbocycles. The summed E-state index contributed by atoms with van der Waals surface area (Å²) < 4.78 is 0. The summed E-state index contributed by atoms with van der Waals surface area (Å²) in [5, 5.41) is 11.9. The van der Waals surface area contributed by atoms with Crippen LogP contribution in [-0.2, 0) is 6.54 Å². The van der Waals surface area contributed by atoms with Crippen molar-refractivity contribution in [2.45, 2.75) is 6.54 Å². The summed E-state index contributed by atoms with van der Waals surface area (Å²) in [4.78, 5) is 14.5. The number of amidine groups is 1. The van der Waals surface area contributed by atoms with Gasteiger partial charge in [0, 0.05) is 21.7 Å². The third-order valence-electron chi connectivity index (χ3n) is 2.96. The topological polar surface area (TPSA) is 108 Å². The maximum Gasteiger partial charge on any atom is 0.292 e. The summed E-state index contributed by atoms with van der Waals surface area (Å²) in [6.45, 7) is 0.236. The van der Waals surface area contributed by atoms with Gasteiger partial charge in [0.05, 0.1) is 11.5 Å². The molecule has 0 heterocycles. The SMILES string of the molecule is Cl.NC(=NCc1ccc(Cl)cc1Cl)c1ccc(N)c([N+](=O)[O-])c1. The minimum absolute atomic E-state index is 0. The molecule has 122 valence electrons. The highest BCUT2D eigenvalue weighted by atomic mass is 35.5. The van der Waals surface area contributed by atoms with E-state index in [1.54, 1.807) is 24.3 Å². The fourth-order valence-electron chi connectivity index (χ4n) is 1.77. The maximum absolute atomic E-state index is 10.9. The predicted molar refractivity (Wildman–Crippen MR) is 95.6 cm³/mol. The largest absolute Gasteiger partial charge is 0.393 e. The van der Waals surface area contributed by atoms with Crippen molar-refractivity contribution in [3.63, 3.8) is 0 Å². The molecule has 2 aromatic carbocycles. The Kier molecular flexibility index (Phi) is 6.62. The van der Waals surface area contributed by atoms with E-state index in [2.05, 4.69) is 4.99 Å². The normalized spacial score (nSPS) is 11.0. The average molecular weight is 376 g/mol. The Morgan fingerprint density at radius 2 is 1.91 bits per heavy atom. The molecule has 0 aliphatic rings. The number of benzene rings is 2. The van der Waals surface area contributed by atoms with Crippen LogP contribution in [0.5, 0.6) is 0 Å². The molecule has 0 atom stereocenters. The molecule has 0 bridgehead atoms. The van der Waals surface area contributed by atoms with Crippen LogP contribution in [0, 0.1) is 10.1 Å². The van der Waals surface area contributed by atoms with E-state index in [1.807, 2.05) is 0 Å². The van der Waals surface area contributed by atoms with E-state index in [9.17, 15) is 10.1 Å². The number of hydrogen-bond acceptors (Lipinski definition) is 4. The molecule has 0 saturated heterocycles. The molecular weight excluding hydrogens is 363 g/mol. The third kappa shape index (κ3) is 4.72. The molecule has 0 spiro atoms. The molecule has 2 rings (SSSR count). The van der Waals surface area contributed by atoms with E-state index >= 15 is 0 Å². The number of aliphatic imine (C=N–C) groups is 1. The molecular formula is C14H13Cl3N4O2. The third-order valence-corrected chi connectivity index (χ3v) is 3.54. The van der Waals surface area contributed by atoms with Crippen LogP contribution < -0.4 is 11.5 Å². The number of anilines is 1. The second-order valence-corrected chi connectivity index (χ2v) is 5.31. The van der Waals surface area contributed by atoms with Gasteiger partial charge in [0.1, 0.15) is 11.5 Å². The fraction of sp³-hybridized carbons (Fsp3) is 0.0714. The minimum Gasteiger partial charge on any atom is -0.393 e. The van der Waals surface area contributed by atoms with Crippen LogP contribution in [0.3, 0.4) is 0 Å². The molecule has 9 heteroatoms. The first-order valence-corrected chi connectivity index (χ1v) is 6.92. The molecule has 0 radical (unpaired) electrons. The van der Waals surface area contributed by atoms with Crippen molar-refractivity contribution in [2.75, 3.05) is 5.73 Å². The molecule has 4 N–H and O–H groups in total. The standard InChI is InChI=1S/C14H12Cl2N4O2.ClH/c15-10-3-1-9(11(16)6-10)7-19-14(18)8-2-4-12(17)13(5-8)20(21)22;/h1-6H,7,17H2,(H2,18,19);1H. The van der Waals surface area contributed by atoms with E-state index in [-0.39, 0.29) is 36.2 Å². The van der Waals surface area contributed by atoms with Gasteiger partial charge in [0.2, 0.25) is 0 Å². The maximum atomic E-state index is 10.9. The highest BCUT2D eigenvalue weighted by Crippen LogP contribution is 2.23. The highest BCUT2D eigenvalue weighted by Gasteiger charge is 2.13. The van der Waals surface area contributed by atoms with E-state index in [4.69, 9.17) is 34.7 Å². The predicted octanol–water partition coefficient (Wildman–Crippen LogP) is 3.81. The number of nitrogens with zero attached hydrogens (tertiary/aromatic N) is 2. The van der Waals surface area contributed by atoms with Gasteiger partial charge in [-0.05, 0) is 29.8 Å². The van der Waals surface area contributed by atoms with Gasteiger partial charge in [-0.2, -0.15) is 0 Å². The lowest BCUT2D eigenvalue weighted by atomic mass is 10.1. The molecule has 0 unspecified atom stereocenters. The van der Waals surface area contributed by atoms with Crippen molar-refractivity contribution in [1.29, 1.82) is 0 Å². The summed E-state index contributed by atoms with van der Waals surface area (Å²) >= 11 is 11.9. The highest BCUT2D eigenvalue weighted by molar-refractivity contribution is 6.35. The second kappa shape index (κ2) is 8.01. The van der Waals surface area contributed by atoms with Crippen molar-refractivity contribution in [3.8, 4) is 0 Å². The van der Waals surface area contributed by atoms with E-state index in [1.165, 1.54) is 12.1 Å². The first kappa shape index (κ1) is 19.0. The second-order valence-electron chi connectivity index (χ2n) is 4.47. The summed E-state index contributed by atoms with van der Waals surface area (Å²) in [6, 6.07) is 9.33. The lowest BCUT2D eigenvalue weighted by molar-refractivity contribution is -0.383. The number of nitrogens with two attached hydrogens (primary N) is 2. The van der Waals surface area contributed by atoms with Gasteiger partial charge in [0.25, 0.3) is 5.69 Å². The quantitative estimate of drug-likeness (QED) is 0.278. The van der Waals surface area contributed by atoms with Crippen LogP contribution in [0.2, 0.25) is 10.0 Å². The van der Waals surface area contributed by atoms with Crippen LogP contribution in [0.1, 0.15) is 11.1 Å². The van der Waals surface area contributed by atoms with Gasteiger partial charge in [-0.15, -0.1) is 12.4 Å². The van der Waals surface area contributed by atoms with Crippen LogP contribution >= 0.6 is 35.6 Å². The number of rotatable bonds is 4. The molecule has 23 heavy (non-hydrogen) atoms. The number of nitrogen functional groups attached to an aromatic ring is 1. The summed E-state index contributed by atoms with van der Waals surface area (Å²) in [7, 11) is 0. The van der Waals surface area contributed by atoms with Gasteiger partial charge in [0.15, 0.2) is 0 Å². The van der Waals surface area contributed by atoms with Gasteiger partial charge in [-0.3, -0.25) is 15.1 Å². The van der Waals surface area contributed by atoms with Gasteiger partial charge < -0.3 is 11.5 Å². The van der Waals surface area contributed by atoms with Crippen molar-refractivity contribution in [3.05, 3.63) is 67.7 Å². The average Bonchev–Trinajstić information content (AvgIpc) is 2.46. The summed E-state index contributed by atoms with van der Waals surface area (Å²) in [6.07, 6.45) is 0. The molecule has 0 aromatic heterocycles. The fourth-order valence-corrected chi connectivity index (χ4v) is 2.24. The van der Waals surface area contributed by atoms with Crippen molar-refractivity contribution in [1.82, 2.24) is 0 Å². The Labute approximate surface area is 148 Å². The number of halogens is 3. The van der Waals surface area contributed by atoms with E-state index in [0.717, 1.165) is 5.56 Å². The number of nitro benzene ring substituents is 1. The Bertz CT molecular complexity index is 766. The monoisotopic (exact) mass is 374 g/mol. The Balaban J connectivity index is 0.00000264. The van der Waals surface area contributed by atoms with Gasteiger partial charge >= 0.3 is 0 Å². The lowest BCUT2D eigenvalue weighted by Gasteiger charge is -2.05.